The number of unbranched alkanes of at least 4 members (excludes halogenated alkanes) is 1. The standard InChI is InChI=1S/C26H41BrN2O4Si/c1-6-7-12-32-17-19-8-10-20(11-9-19)25-28-23-15-21(26(30)31-2)22(27)16-24(23)29(25)18-33-13-14-34(3,4)5/h15-16,19-20H,6-14,17-18H2,1-5H3. The lowest BCUT2D eigenvalue weighted by Gasteiger charge is -2.28. The van der Waals surface area contributed by atoms with Gasteiger partial charge in [-0.05, 0) is 72.1 Å². The first-order valence-corrected chi connectivity index (χ1v) is 17.2. The number of carbonyl (C=O) groups excluding carboxylic acids is 1. The second-order valence-corrected chi connectivity index (χ2v) is 17.2. The number of benzene rings is 1. The average molecular weight is 554 g/mol. The van der Waals surface area contributed by atoms with Crippen LogP contribution < -0.4 is 0 Å². The first kappa shape index (κ1) is 27.4. The lowest BCUT2D eigenvalue weighted by atomic mass is 9.82. The molecule has 1 aliphatic rings. The van der Waals surface area contributed by atoms with Crippen molar-refractivity contribution >= 4 is 41.0 Å². The molecule has 190 valence electrons. The summed E-state index contributed by atoms with van der Waals surface area (Å²) in [6.45, 7) is 12.3. The van der Waals surface area contributed by atoms with Gasteiger partial charge < -0.3 is 18.8 Å². The van der Waals surface area contributed by atoms with Crippen molar-refractivity contribution < 1.29 is 19.0 Å². The first-order chi connectivity index (χ1) is 16.2. The van der Waals surface area contributed by atoms with Crippen LogP contribution in [0.15, 0.2) is 16.6 Å². The zero-order valence-corrected chi connectivity index (χ0v) is 24.1. The number of esters is 1. The van der Waals surface area contributed by atoms with Crippen LogP contribution in [-0.4, -0.2) is 50.5 Å². The van der Waals surface area contributed by atoms with E-state index < -0.39 is 8.07 Å². The van der Waals surface area contributed by atoms with E-state index in [0.29, 0.717) is 24.1 Å². The maximum Gasteiger partial charge on any atom is 0.339 e. The summed E-state index contributed by atoms with van der Waals surface area (Å²) in [6.07, 6.45) is 6.84. The summed E-state index contributed by atoms with van der Waals surface area (Å²) < 4.78 is 19.9. The molecule has 0 unspecified atom stereocenters. The van der Waals surface area contributed by atoms with Crippen molar-refractivity contribution in [2.75, 3.05) is 26.9 Å². The van der Waals surface area contributed by atoms with Gasteiger partial charge in [-0.3, -0.25) is 0 Å². The topological polar surface area (TPSA) is 62.6 Å². The molecule has 6 nitrogen and oxygen atoms in total. The van der Waals surface area contributed by atoms with E-state index in [1.54, 1.807) is 0 Å². The smallest absolute Gasteiger partial charge is 0.339 e. The summed E-state index contributed by atoms with van der Waals surface area (Å²) in [7, 11) is 0.246. The molecule has 34 heavy (non-hydrogen) atoms. The van der Waals surface area contributed by atoms with Crippen LogP contribution in [0.25, 0.3) is 11.0 Å². The van der Waals surface area contributed by atoms with E-state index in [1.807, 2.05) is 12.1 Å². The summed E-state index contributed by atoms with van der Waals surface area (Å²) in [5.41, 5.74) is 2.31. The molecule has 1 aliphatic carbocycles. The predicted molar refractivity (Wildman–Crippen MR) is 143 cm³/mol. The number of imidazole rings is 1. The van der Waals surface area contributed by atoms with Gasteiger partial charge >= 0.3 is 5.97 Å². The van der Waals surface area contributed by atoms with Crippen molar-refractivity contribution in [2.45, 2.75) is 83.8 Å². The maximum absolute atomic E-state index is 12.2. The monoisotopic (exact) mass is 552 g/mol. The highest BCUT2D eigenvalue weighted by Crippen LogP contribution is 2.37. The third-order valence-corrected chi connectivity index (χ3v) is 9.06. The molecular formula is C26H41BrN2O4Si. The SMILES string of the molecule is CCCCOCC1CCC(c2nc3cc(C(=O)OC)c(Br)cc3n2COCC[Si](C)(C)C)CC1. The van der Waals surface area contributed by atoms with Gasteiger partial charge in [-0.1, -0.05) is 33.0 Å². The molecule has 0 saturated heterocycles. The number of fused-ring (bicyclic) bond motifs is 1. The van der Waals surface area contributed by atoms with Crippen molar-refractivity contribution in [3.8, 4) is 0 Å². The van der Waals surface area contributed by atoms with E-state index in [-0.39, 0.29) is 5.97 Å². The fourth-order valence-corrected chi connectivity index (χ4v) is 5.75. The minimum Gasteiger partial charge on any atom is -0.465 e. The highest BCUT2D eigenvalue weighted by atomic mass is 79.9. The molecule has 0 bridgehead atoms. The number of methoxy groups -OCH3 is 1. The molecule has 1 saturated carbocycles. The van der Waals surface area contributed by atoms with Gasteiger partial charge in [-0.25, -0.2) is 9.78 Å². The van der Waals surface area contributed by atoms with Gasteiger partial charge in [0.05, 0.1) is 23.7 Å². The number of aromatic nitrogens is 2. The zero-order chi connectivity index (χ0) is 24.7. The Bertz CT molecular complexity index is 948. The second-order valence-electron chi connectivity index (χ2n) is 10.7. The summed E-state index contributed by atoms with van der Waals surface area (Å²) in [4.78, 5) is 17.2. The molecular weight excluding hydrogens is 512 g/mol. The van der Waals surface area contributed by atoms with Gasteiger partial charge in [0.25, 0.3) is 0 Å². The molecule has 0 radical (unpaired) electrons. The van der Waals surface area contributed by atoms with Crippen LogP contribution in [0.1, 0.15) is 67.5 Å². The first-order valence-electron chi connectivity index (χ1n) is 12.7. The van der Waals surface area contributed by atoms with Crippen LogP contribution >= 0.6 is 15.9 Å². The fourth-order valence-electron chi connectivity index (χ4n) is 4.50. The van der Waals surface area contributed by atoms with Gasteiger partial charge in [0.2, 0.25) is 0 Å². The predicted octanol–water partition coefficient (Wildman–Crippen LogP) is 6.99. The summed E-state index contributed by atoms with van der Waals surface area (Å²) in [5.74, 6) is 1.74. The fraction of sp³-hybridized carbons (Fsp3) is 0.692. The van der Waals surface area contributed by atoms with E-state index in [9.17, 15) is 4.79 Å². The van der Waals surface area contributed by atoms with Crippen LogP contribution in [0.2, 0.25) is 25.7 Å². The van der Waals surface area contributed by atoms with Gasteiger partial charge in [-0.2, -0.15) is 0 Å². The Hall–Kier alpha value is -1.22. The third-order valence-electron chi connectivity index (χ3n) is 6.70. The molecule has 1 fully saturated rings. The molecule has 1 heterocycles. The van der Waals surface area contributed by atoms with Crippen molar-refractivity contribution in [1.29, 1.82) is 0 Å². The van der Waals surface area contributed by atoms with Crippen molar-refractivity contribution in [2.24, 2.45) is 5.92 Å². The van der Waals surface area contributed by atoms with Gasteiger partial charge in [0.1, 0.15) is 12.6 Å². The lowest BCUT2D eigenvalue weighted by molar-refractivity contribution is 0.0600. The molecule has 0 atom stereocenters. The second kappa shape index (κ2) is 12.7. The Morgan fingerprint density at radius 3 is 2.53 bits per heavy atom. The molecule has 1 aromatic carbocycles. The number of ether oxygens (including phenoxy) is 3. The molecule has 0 spiro atoms. The van der Waals surface area contributed by atoms with Crippen LogP contribution in [0.5, 0.6) is 0 Å². The molecule has 0 aliphatic heterocycles. The summed E-state index contributed by atoms with van der Waals surface area (Å²) >= 11 is 3.56. The molecule has 3 rings (SSSR count). The third kappa shape index (κ3) is 7.39. The normalized spacial score (nSPS) is 19.0. The number of nitrogens with zero attached hydrogens (tertiary/aromatic N) is 2. The molecule has 0 amide bonds. The number of hydrogen-bond acceptors (Lipinski definition) is 5. The van der Waals surface area contributed by atoms with Crippen molar-refractivity contribution in [3.63, 3.8) is 0 Å². The largest absolute Gasteiger partial charge is 0.465 e. The molecule has 8 heteroatoms. The number of halogens is 1. The van der Waals surface area contributed by atoms with E-state index >= 15 is 0 Å². The highest BCUT2D eigenvalue weighted by Gasteiger charge is 2.28. The Morgan fingerprint density at radius 1 is 1.15 bits per heavy atom. The van der Waals surface area contributed by atoms with Crippen LogP contribution in [-0.2, 0) is 20.9 Å². The highest BCUT2D eigenvalue weighted by molar-refractivity contribution is 9.10. The summed E-state index contributed by atoms with van der Waals surface area (Å²) in [5, 5.41) is 0. The molecule has 1 aromatic heterocycles. The Morgan fingerprint density at radius 2 is 1.88 bits per heavy atom. The number of carbonyl (C=O) groups is 1. The Labute approximate surface area is 213 Å². The Balaban J connectivity index is 1.79. The van der Waals surface area contributed by atoms with E-state index in [4.69, 9.17) is 19.2 Å². The van der Waals surface area contributed by atoms with Gasteiger partial charge in [0, 0.05) is 38.3 Å². The summed E-state index contributed by atoms with van der Waals surface area (Å²) in [6, 6.07) is 4.95. The van der Waals surface area contributed by atoms with E-state index in [2.05, 4.69) is 47.1 Å². The Kier molecular flexibility index (Phi) is 10.2. The average Bonchev–Trinajstić information content (AvgIpc) is 3.15. The van der Waals surface area contributed by atoms with Crippen molar-refractivity contribution in [3.05, 3.63) is 28.0 Å². The zero-order valence-electron chi connectivity index (χ0n) is 21.5. The van der Waals surface area contributed by atoms with Crippen LogP contribution in [0.3, 0.4) is 0 Å². The van der Waals surface area contributed by atoms with Crippen LogP contribution in [0.4, 0.5) is 0 Å². The maximum atomic E-state index is 12.2. The van der Waals surface area contributed by atoms with Crippen LogP contribution in [0, 0.1) is 5.92 Å². The minimum absolute atomic E-state index is 0.361. The quantitative estimate of drug-likeness (QED) is 0.161. The van der Waals surface area contributed by atoms with Crippen molar-refractivity contribution in [1.82, 2.24) is 9.55 Å². The van der Waals surface area contributed by atoms with Gasteiger partial charge in [0.15, 0.2) is 0 Å². The molecule has 2 aromatic rings. The molecule has 0 N–H and O–H groups in total. The van der Waals surface area contributed by atoms with Gasteiger partial charge in [-0.15, -0.1) is 0 Å². The van der Waals surface area contributed by atoms with E-state index in [0.717, 1.165) is 79.3 Å². The lowest BCUT2D eigenvalue weighted by Crippen LogP contribution is -2.23. The number of rotatable bonds is 12. The minimum atomic E-state index is -1.16. The number of hydrogen-bond donors (Lipinski definition) is 0. The van der Waals surface area contributed by atoms with E-state index in [1.165, 1.54) is 13.5 Å².